The monoisotopic (exact) mass is 335 g/mol. The lowest BCUT2D eigenvalue weighted by Crippen LogP contribution is -2.25. The van der Waals surface area contributed by atoms with Crippen molar-refractivity contribution in [3.05, 3.63) is 51.8 Å². The van der Waals surface area contributed by atoms with Gasteiger partial charge in [0.1, 0.15) is 0 Å². The number of nitrogens with one attached hydrogen (secondary N) is 1. The number of halogens is 1. The lowest BCUT2D eigenvalue weighted by molar-refractivity contribution is 0.400. The summed E-state index contributed by atoms with van der Waals surface area (Å²) in [5.74, 6) is 0.480. The van der Waals surface area contributed by atoms with Crippen LogP contribution >= 0.6 is 15.9 Å². The van der Waals surface area contributed by atoms with Crippen molar-refractivity contribution in [2.24, 2.45) is 13.0 Å². The number of hydrogen-bond acceptors (Lipinski definition) is 2. The Balaban J connectivity index is 2.20. The zero-order chi connectivity index (χ0) is 14.7. The van der Waals surface area contributed by atoms with Gasteiger partial charge in [0.05, 0.1) is 15.9 Å². The standard InChI is InChI=1S/C16H22BrN3/c1-11(10-14-15(17)12(2)19-20(14)4)16(18-3)13-8-6-5-7-9-13/h5-9,11,16,18H,10H2,1-4H3. The summed E-state index contributed by atoms with van der Waals surface area (Å²) >= 11 is 3.65. The van der Waals surface area contributed by atoms with E-state index in [2.05, 4.69) is 63.6 Å². The molecule has 2 unspecified atom stereocenters. The fraction of sp³-hybridized carbons (Fsp3) is 0.438. The van der Waals surface area contributed by atoms with Gasteiger partial charge in [0.15, 0.2) is 0 Å². The summed E-state index contributed by atoms with van der Waals surface area (Å²) in [4.78, 5) is 0. The molecular weight excluding hydrogens is 314 g/mol. The van der Waals surface area contributed by atoms with Crippen molar-refractivity contribution in [2.45, 2.75) is 26.3 Å². The molecule has 4 heteroatoms. The third-order valence-electron chi connectivity index (χ3n) is 3.82. The predicted octanol–water partition coefficient (Wildman–Crippen LogP) is 3.63. The van der Waals surface area contributed by atoms with Crippen LogP contribution in [0.5, 0.6) is 0 Å². The maximum absolute atomic E-state index is 4.47. The Hall–Kier alpha value is -1.13. The molecule has 3 nitrogen and oxygen atoms in total. The lowest BCUT2D eigenvalue weighted by Gasteiger charge is -2.24. The molecule has 0 radical (unpaired) electrons. The minimum atomic E-state index is 0.346. The normalized spacial score (nSPS) is 14.2. The Labute approximate surface area is 129 Å². The molecule has 2 aromatic rings. The van der Waals surface area contributed by atoms with Crippen molar-refractivity contribution in [1.82, 2.24) is 15.1 Å². The molecule has 0 aliphatic carbocycles. The first kappa shape index (κ1) is 15.3. The molecule has 0 saturated carbocycles. The average Bonchev–Trinajstić information content (AvgIpc) is 2.67. The van der Waals surface area contributed by atoms with Crippen LogP contribution in [0.3, 0.4) is 0 Å². The van der Waals surface area contributed by atoms with Crippen molar-refractivity contribution in [3.63, 3.8) is 0 Å². The van der Waals surface area contributed by atoms with Gasteiger partial charge >= 0.3 is 0 Å². The van der Waals surface area contributed by atoms with Crippen LogP contribution < -0.4 is 5.32 Å². The first-order chi connectivity index (χ1) is 9.54. The Morgan fingerprint density at radius 2 is 1.95 bits per heavy atom. The first-order valence-electron chi connectivity index (χ1n) is 6.94. The van der Waals surface area contributed by atoms with Crippen LogP contribution in [-0.4, -0.2) is 16.8 Å². The van der Waals surface area contributed by atoms with E-state index in [1.54, 1.807) is 0 Å². The molecule has 0 fully saturated rings. The number of rotatable bonds is 5. The Bertz CT molecular complexity index is 563. The minimum Gasteiger partial charge on any atom is -0.313 e. The third-order valence-corrected chi connectivity index (χ3v) is 4.85. The predicted molar refractivity (Wildman–Crippen MR) is 86.8 cm³/mol. The summed E-state index contributed by atoms with van der Waals surface area (Å²) in [7, 11) is 4.04. The summed E-state index contributed by atoms with van der Waals surface area (Å²) in [5.41, 5.74) is 3.64. The molecule has 2 rings (SSSR count). The number of hydrogen-bond donors (Lipinski definition) is 1. The van der Waals surface area contributed by atoms with Gasteiger partial charge in [-0.2, -0.15) is 5.10 Å². The van der Waals surface area contributed by atoms with Gasteiger partial charge in [0.25, 0.3) is 0 Å². The van der Waals surface area contributed by atoms with Crippen molar-refractivity contribution in [1.29, 1.82) is 0 Å². The third kappa shape index (κ3) is 3.13. The van der Waals surface area contributed by atoms with Crippen LogP contribution in [0, 0.1) is 12.8 Å². The van der Waals surface area contributed by atoms with Gasteiger partial charge in [-0.05, 0) is 47.8 Å². The second-order valence-electron chi connectivity index (χ2n) is 5.33. The summed E-state index contributed by atoms with van der Waals surface area (Å²) in [6.45, 7) is 4.31. The molecule has 1 aromatic heterocycles. The van der Waals surface area contributed by atoms with E-state index in [-0.39, 0.29) is 0 Å². The number of aromatic nitrogens is 2. The second kappa shape index (κ2) is 6.55. The number of nitrogens with zero attached hydrogens (tertiary/aromatic N) is 2. The molecule has 1 N–H and O–H groups in total. The molecule has 1 heterocycles. The van der Waals surface area contributed by atoms with E-state index in [1.807, 2.05) is 25.7 Å². The summed E-state index contributed by atoms with van der Waals surface area (Å²) in [6.07, 6.45) is 0.984. The van der Waals surface area contributed by atoms with Gasteiger partial charge in [-0.1, -0.05) is 37.3 Å². The molecule has 0 saturated heterocycles. The van der Waals surface area contributed by atoms with E-state index in [1.165, 1.54) is 11.3 Å². The van der Waals surface area contributed by atoms with Crippen molar-refractivity contribution >= 4 is 15.9 Å². The maximum Gasteiger partial charge on any atom is 0.0738 e. The molecule has 2 atom stereocenters. The zero-order valence-electron chi connectivity index (χ0n) is 12.5. The smallest absolute Gasteiger partial charge is 0.0738 e. The van der Waals surface area contributed by atoms with E-state index >= 15 is 0 Å². The fourth-order valence-electron chi connectivity index (χ4n) is 2.76. The van der Waals surface area contributed by atoms with Crippen LogP contribution in [0.15, 0.2) is 34.8 Å². The molecule has 0 aliphatic rings. The summed E-state index contributed by atoms with van der Waals surface area (Å²) in [5, 5.41) is 7.91. The zero-order valence-corrected chi connectivity index (χ0v) is 14.1. The molecular formula is C16H22BrN3. The highest BCUT2D eigenvalue weighted by atomic mass is 79.9. The van der Waals surface area contributed by atoms with E-state index in [0.717, 1.165) is 16.6 Å². The van der Waals surface area contributed by atoms with E-state index in [9.17, 15) is 0 Å². The second-order valence-corrected chi connectivity index (χ2v) is 6.12. The largest absolute Gasteiger partial charge is 0.313 e. The van der Waals surface area contributed by atoms with Gasteiger partial charge in [-0.3, -0.25) is 4.68 Å². The quantitative estimate of drug-likeness (QED) is 0.904. The van der Waals surface area contributed by atoms with Gasteiger partial charge in [-0.25, -0.2) is 0 Å². The first-order valence-corrected chi connectivity index (χ1v) is 7.74. The molecule has 108 valence electrons. The van der Waals surface area contributed by atoms with Crippen LogP contribution in [0.1, 0.15) is 29.9 Å². The lowest BCUT2D eigenvalue weighted by atomic mass is 9.91. The van der Waals surface area contributed by atoms with Crippen LogP contribution in [-0.2, 0) is 13.5 Å². The highest BCUT2D eigenvalue weighted by Crippen LogP contribution is 2.28. The molecule has 0 bridgehead atoms. The fourth-order valence-corrected chi connectivity index (χ4v) is 3.26. The number of benzene rings is 1. The van der Waals surface area contributed by atoms with Crippen molar-refractivity contribution < 1.29 is 0 Å². The summed E-state index contributed by atoms with van der Waals surface area (Å²) < 4.78 is 3.11. The van der Waals surface area contributed by atoms with Gasteiger partial charge in [0.2, 0.25) is 0 Å². The highest BCUT2D eigenvalue weighted by molar-refractivity contribution is 9.10. The Morgan fingerprint density at radius 1 is 1.30 bits per heavy atom. The molecule has 20 heavy (non-hydrogen) atoms. The van der Waals surface area contributed by atoms with Gasteiger partial charge in [0, 0.05) is 13.1 Å². The van der Waals surface area contributed by atoms with Crippen molar-refractivity contribution in [3.8, 4) is 0 Å². The molecule has 0 aliphatic heterocycles. The topological polar surface area (TPSA) is 29.9 Å². The van der Waals surface area contributed by atoms with E-state index < -0.39 is 0 Å². The van der Waals surface area contributed by atoms with Gasteiger partial charge in [-0.15, -0.1) is 0 Å². The van der Waals surface area contributed by atoms with Crippen LogP contribution in [0.25, 0.3) is 0 Å². The Kier molecular flexibility index (Phi) is 5.00. The van der Waals surface area contributed by atoms with Gasteiger partial charge < -0.3 is 5.32 Å². The van der Waals surface area contributed by atoms with E-state index in [0.29, 0.717) is 12.0 Å². The minimum absolute atomic E-state index is 0.346. The Morgan fingerprint density at radius 3 is 2.45 bits per heavy atom. The van der Waals surface area contributed by atoms with Crippen LogP contribution in [0.2, 0.25) is 0 Å². The highest BCUT2D eigenvalue weighted by Gasteiger charge is 2.21. The SMILES string of the molecule is CNC(c1ccccc1)C(C)Cc1c(Br)c(C)nn1C. The molecule has 0 amide bonds. The van der Waals surface area contributed by atoms with Crippen LogP contribution in [0.4, 0.5) is 0 Å². The molecule has 0 spiro atoms. The molecule has 1 aromatic carbocycles. The maximum atomic E-state index is 4.47. The average molecular weight is 336 g/mol. The number of aryl methyl sites for hydroxylation is 2. The van der Waals surface area contributed by atoms with Crippen molar-refractivity contribution in [2.75, 3.05) is 7.05 Å². The van der Waals surface area contributed by atoms with E-state index in [4.69, 9.17) is 0 Å². The summed E-state index contributed by atoms with van der Waals surface area (Å²) in [6, 6.07) is 11.0.